The predicted molar refractivity (Wildman–Crippen MR) is 98.8 cm³/mol. The van der Waals surface area contributed by atoms with Crippen LogP contribution in [0.5, 0.6) is 11.5 Å². The summed E-state index contributed by atoms with van der Waals surface area (Å²) < 4.78 is 26.0. The number of nitro groups is 1. The van der Waals surface area contributed by atoms with Gasteiger partial charge in [0, 0.05) is 42.8 Å². The highest BCUT2D eigenvalue weighted by molar-refractivity contribution is 7.19. The van der Waals surface area contributed by atoms with E-state index in [4.69, 9.17) is 9.47 Å². The monoisotopic (exact) mass is 389 g/mol. The third kappa shape index (κ3) is 3.90. The molecule has 2 aromatic heterocycles. The molecule has 4 rings (SSSR count). The summed E-state index contributed by atoms with van der Waals surface area (Å²) in [5.41, 5.74) is 0.465. The van der Waals surface area contributed by atoms with Crippen LogP contribution >= 0.6 is 11.3 Å². The van der Waals surface area contributed by atoms with Crippen LogP contribution in [-0.2, 0) is 11.3 Å². The smallest absolute Gasteiger partial charge is 0.272 e. The number of thiophene rings is 1. The fraction of sp³-hybridized carbons (Fsp3) is 0.278. The molecule has 0 amide bonds. The van der Waals surface area contributed by atoms with Gasteiger partial charge in [-0.15, -0.1) is 11.3 Å². The summed E-state index contributed by atoms with van der Waals surface area (Å²) in [5.74, 6) is -0.360. The van der Waals surface area contributed by atoms with Gasteiger partial charge < -0.3 is 9.47 Å². The Balaban J connectivity index is 1.59. The lowest BCUT2D eigenvalue weighted by atomic mass is 10.3. The first-order valence-corrected chi connectivity index (χ1v) is 9.21. The van der Waals surface area contributed by atoms with Crippen LogP contribution in [-0.4, -0.2) is 41.1 Å². The van der Waals surface area contributed by atoms with Gasteiger partial charge in [0.25, 0.3) is 5.69 Å². The van der Waals surface area contributed by atoms with Gasteiger partial charge in [0.15, 0.2) is 11.6 Å². The number of halogens is 1. The first kappa shape index (κ1) is 17.8. The molecule has 0 radical (unpaired) electrons. The predicted octanol–water partition coefficient (Wildman–Crippen LogP) is 3.97. The van der Waals surface area contributed by atoms with E-state index in [9.17, 15) is 14.5 Å². The van der Waals surface area contributed by atoms with Crippen LogP contribution in [0.1, 0.15) is 4.88 Å². The van der Waals surface area contributed by atoms with E-state index in [0.717, 1.165) is 54.0 Å². The number of aromatic nitrogens is 1. The topological polar surface area (TPSA) is 77.7 Å². The molecule has 3 heterocycles. The Morgan fingerprint density at radius 1 is 1.26 bits per heavy atom. The van der Waals surface area contributed by atoms with Crippen molar-refractivity contribution in [2.24, 2.45) is 0 Å². The molecule has 0 N–H and O–H groups in total. The van der Waals surface area contributed by atoms with Crippen LogP contribution in [0, 0.1) is 15.9 Å². The van der Waals surface area contributed by atoms with E-state index in [1.807, 2.05) is 6.07 Å². The molecule has 9 heteroatoms. The molecule has 0 atom stereocenters. The van der Waals surface area contributed by atoms with Crippen molar-refractivity contribution in [3.05, 3.63) is 57.3 Å². The number of benzene rings is 1. The van der Waals surface area contributed by atoms with Crippen LogP contribution in [0.4, 0.5) is 10.1 Å². The van der Waals surface area contributed by atoms with E-state index < -0.39 is 10.7 Å². The summed E-state index contributed by atoms with van der Waals surface area (Å²) in [6.45, 7) is 4.04. The minimum Gasteiger partial charge on any atom is -0.453 e. The fourth-order valence-electron chi connectivity index (χ4n) is 2.91. The van der Waals surface area contributed by atoms with E-state index in [1.54, 1.807) is 23.6 Å². The molecule has 1 saturated heterocycles. The third-order valence-corrected chi connectivity index (χ3v) is 5.38. The Hall–Kier alpha value is -2.62. The number of nitrogens with zero attached hydrogens (tertiary/aromatic N) is 3. The molecule has 0 bridgehead atoms. The van der Waals surface area contributed by atoms with Gasteiger partial charge in [-0.3, -0.25) is 20.0 Å². The molecular weight excluding hydrogens is 373 g/mol. The molecule has 1 fully saturated rings. The summed E-state index contributed by atoms with van der Waals surface area (Å²) in [4.78, 5) is 17.9. The Labute approximate surface area is 158 Å². The molecule has 140 valence electrons. The largest absolute Gasteiger partial charge is 0.453 e. The zero-order chi connectivity index (χ0) is 18.8. The van der Waals surface area contributed by atoms with Crippen molar-refractivity contribution in [2.45, 2.75) is 6.54 Å². The van der Waals surface area contributed by atoms with Crippen molar-refractivity contribution in [3.63, 3.8) is 0 Å². The maximum Gasteiger partial charge on any atom is 0.272 e. The molecule has 27 heavy (non-hydrogen) atoms. The zero-order valence-corrected chi connectivity index (χ0v) is 15.1. The average molecular weight is 389 g/mol. The normalized spacial score (nSPS) is 15.1. The number of hydrogen-bond donors (Lipinski definition) is 0. The molecule has 0 aliphatic carbocycles. The summed E-state index contributed by atoms with van der Waals surface area (Å²) >= 11 is 1.55. The second kappa shape index (κ2) is 7.55. The quantitative estimate of drug-likeness (QED) is 0.485. The minimum absolute atomic E-state index is 0.0590. The van der Waals surface area contributed by atoms with Gasteiger partial charge in [-0.25, -0.2) is 4.39 Å². The van der Waals surface area contributed by atoms with Crippen LogP contribution in [0.2, 0.25) is 0 Å². The first-order valence-electron chi connectivity index (χ1n) is 8.39. The van der Waals surface area contributed by atoms with E-state index in [1.165, 1.54) is 12.1 Å². The van der Waals surface area contributed by atoms with Gasteiger partial charge >= 0.3 is 0 Å². The number of pyridine rings is 1. The summed E-state index contributed by atoms with van der Waals surface area (Å²) in [5, 5.41) is 10.7. The Morgan fingerprint density at radius 3 is 2.81 bits per heavy atom. The highest BCUT2D eigenvalue weighted by atomic mass is 32.1. The molecule has 3 aromatic rings. The van der Waals surface area contributed by atoms with Crippen molar-refractivity contribution >= 4 is 27.2 Å². The molecule has 0 saturated carbocycles. The summed E-state index contributed by atoms with van der Waals surface area (Å²) in [7, 11) is 0. The average Bonchev–Trinajstić information content (AvgIpc) is 3.07. The third-order valence-electron chi connectivity index (χ3n) is 4.26. The Bertz CT molecular complexity index is 988. The zero-order valence-electron chi connectivity index (χ0n) is 14.3. The number of non-ortho nitro benzene ring substituents is 1. The molecule has 0 spiro atoms. The maximum atomic E-state index is 14.2. The number of hydrogen-bond acceptors (Lipinski definition) is 7. The lowest BCUT2D eigenvalue weighted by Gasteiger charge is -2.25. The van der Waals surface area contributed by atoms with Crippen molar-refractivity contribution in [2.75, 3.05) is 26.3 Å². The second-order valence-corrected chi connectivity index (χ2v) is 7.24. The second-order valence-electron chi connectivity index (χ2n) is 6.10. The van der Waals surface area contributed by atoms with Gasteiger partial charge in [0.2, 0.25) is 0 Å². The number of fused-ring (bicyclic) bond motifs is 1. The number of morpholine rings is 1. The number of ether oxygens (including phenoxy) is 2. The van der Waals surface area contributed by atoms with Crippen molar-refractivity contribution in [3.8, 4) is 11.5 Å². The van der Waals surface area contributed by atoms with Gasteiger partial charge in [0.05, 0.1) is 34.4 Å². The lowest BCUT2D eigenvalue weighted by molar-refractivity contribution is -0.385. The molecule has 0 unspecified atom stereocenters. The Kier molecular flexibility index (Phi) is 4.97. The highest BCUT2D eigenvalue weighted by Crippen LogP contribution is 2.36. The molecule has 1 aliphatic rings. The van der Waals surface area contributed by atoms with E-state index in [2.05, 4.69) is 9.88 Å². The molecular formula is C18H16FN3O4S. The fourth-order valence-corrected chi connectivity index (χ4v) is 4.01. The SMILES string of the molecule is O=[N+]([O-])c1ccc(Oc2ccnc3cc(CN4CCOCC4)sc23)c(F)c1. The van der Waals surface area contributed by atoms with Crippen molar-refractivity contribution in [1.29, 1.82) is 0 Å². The van der Waals surface area contributed by atoms with Gasteiger partial charge in [0.1, 0.15) is 5.75 Å². The number of rotatable bonds is 5. The Morgan fingerprint density at radius 2 is 2.07 bits per heavy atom. The summed E-state index contributed by atoms with van der Waals surface area (Å²) in [6, 6.07) is 7.01. The standard InChI is InChI=1S/C18H16FN3O4S/c19-14-9-12(22(23)24)1-2-16(14)26-17-3-4-20-15-10-13(27-18(15)17)11-21-5-7-25-8-6-21/h1-4,9-10H,5-8,11H2. The van der Waals surface area contributed by atoms with Crippen LogP contribution in [0.15, 0.2) is 36.5 Å². The number of nitro benzene ring substituents is 1. The van der Waals surface area contributed by atoms with E-state index in [0.29, 0.717) is 5.75 Å². The minimum atomic E-state index is -0.778. The highest BCUT2D eigenvalue weighted by Gasteiger charge is 2.17. The van der Waals surface area contributed by atoms with Crippen molar-refractivity contribution in [1.82, 2.24) is 9.88 Å². The summed E-state index contributed by atoms with van der Waals surface area (Å²) in [6.07, 6.45) is 1.60. The first-order chi connectivity index (χ1) is 13.1. The molecule has 1 aliphatic heterocycles. The lowest BCUT2D eigenvalue weighted by Crippen LogP contribution is -2.35. The van der Waals surface area contributed by atoms with E-state index >= 15 is 0 Å². The van der Waals surface area contributed by atoms with Crippen LogP contribution < -0.4 is 4.74 Å². The van der Waals surface area contributed by atoms with Gasteiger partial charge in [-0.05, 0) is 12.1 Å². The molecule has 7 nitrogen and oxygen atoms in total. The van der Waals surface area contributed by atoms with Gasteiger partial charge in [-0.1, -0.05) is 0 Å². The van der Waals surface area contributed by atoms with Crippen LogP contribution in [0.3, 0.4) is 0 Å². The van der Waals surface area contributed by atoms with E-state index in [-0.39, 0.29) is 11.4 Å². The van der Waals surface area contributed by atoms with Gasteiger partial charge in [-0.2, -0.15) is 0 Å². The van der Waals surface area contributed by atoms with Crippen LogP contribution in [0.25, 0.3) is 10.2 Å². The maximum absolute atomic E-state index is 14.2. The molecule has 1 aromatic carbocycles. The van der Waals surface area contributed by atoms with Crippen molar-refractivity contribution < 1.29 is 18.8 Å².